The molecule has 0 aliphatic heterocycles. The number of rotatable bonds is 2. The Morgan fingerprint density at radius 3 is 2.71 bits per heavy atom. The Morgan fingerprint density at radius 2 is 2.06 bits per heavy atom. The van der Waals surface area contributed by atoms with Crippen LogP contribution in [0.15, 0.2) is 12.1 Å². The number of hydrogen-bond acceptors (Lipinski definition) is 3. The minimum Gasteiger partial charge on any atom is -0.465 e. The van der Waals surface area contributed by atoms with E-state index >= 15 is 0 Å². The Bertz CT molecular complexity index is 489. The van der Waals surface area contributed by atoms with Crippen LogP contribution in [-0.2, 0) is 9.53 Å². The van der Waals surface area contributed by atoms with Gasteiger partial charge in [0.1, 0.15) is 6.42 Å². The first-order chi connectivity index (χ1) is 8.04. The van der Waals surface area contributed by atoms with Crippen LogP contribution in [0, 0.1) is 23.5 Å². The van der Waals surface area contributed by atoms with Crippen molar-refractivity contribution in [1.29, 1.82) is 0 Å². The average molecular weight is 239 g/mol. The Morgan fingerprint density at radius 1 is 1.41 bits per heavy atom. The van der Waals surface area contributed by atoms with Gasteiger partial charge in [0, 0.05) is 6.07 Å². The Kier molecular flexibility index (Phi) is 4.46. The molecule has 0 bridgehead atoms. The predicted molar refractivity (Wildman–Crippen MR) is 58.9 cm³/mol. The molecule has 3 nitrogen and oxygen atoms in total. The summed E-state index contributed by atoms with van der Waals surface area (Å²) < 4.78 is 30.3. The second-order valence-electron chi connectivity index (χ2n) is 3.14. The molecule has 90 valence electrons. The van der Waals surface area contributed by atoms with Crippen molar-refractivity contribution in [2.45, 2.75) is 13.3 Å². The van der Waals surface area contributed by atoms with Crippen LogP contribution in [0.4, 0.5) is 14.5 Å². The van der Waals surface area contributed by atoms with E-state index in [1.54, 1.807) is 6.92 Å². The lowest BCUT2D eigenvalue weighted by atomic mass is 10.1. The third-order valence-electron chi connectivity index (χ3n) is 1.85. The monoisotopic (exact) mass is 239 g/mol. The predicted octanol–water partition coefficient (Wildman–Crippen LogP) is 1.85. The smallest absolute Gasteiger partial charge is 0.317 e. The maximum Gasteiger partial charge on any atom is 0.317 e. The van der Waals surface area contributed by atoms with Crippen molar-refractivity contribution >= 4 is 11.7 Å². The van der Waals surface area contributed by atoms with Crippen LogP contribution in [0.2, 0.25) is 0 Å². The van der Waals surface area contributed by atoms with Crippen molar-refractivity contribution in [2.24, 2.45) is 0 Å². The number of benzene rings is 1. The summed E-state index contributed by atoms with van der Waals surface area (Å²) in [6, 6.07) is 1.74. The number of halogens is 2. The van der Waals surface area contributed by atoms with Crippen molar-refractivity contribution in [3.63, 3.8) is 0 Å². The molecule has 0 heterocycles. The highest BCUT2D eigenvalue weighted by atomic mass is 19.2. The lowest BCUT2D eigenvalue weighted by Gasteiger charge is -1.99. The summed E-state index contributed by atoms with van der Waals surface area (Å²) in [5, 5.41) is 0. The molecule has 1 aromatic rings. The number of nitrogen functional groups attached to an aromatic ring is 1. The van der Waals surface area contributed by atoms with Crippen LogP contribution in [0.3, 0.4) is 0 Å². The molecule has 0 spiro atoms. The van der Waals surface area contributed by atoms with E-state index in [9.17, 15) is 13.6 Å². The molecule has 0 saturated carbocycles. The maximum absolute atomic E-state index is 12.9. The number of carbonyl (C=O) groups is 1. The van der Waals surface area contributed by atoms with Crippen molar-refractivity contribution in [3.05, 3.63) is 29.3 Å². The van der Waals surface area contributed by atoms with Crippen molar-refractivity contribution in [2.75, 3.05) is 12.3 Å². The summed E-state index contributed by atoms with van der Waals surface area (Å²) in [6.45, 7) is 1.95. The molecule has 0 saturated heterocycles. The van der Waals surface area contributed by atoms with E-state index in [2.05, 4.69) is 16.6 Å². The van der Waals surface area contributed by atoms with Crippen LogP contribution in [0.1, 0.15) is 18.9 Å². The van der Waals surface area contributed by atoms with Gasteiger partial charge in [0.05, 0.1) is 17.9 Å². The third-order valence-corrected chi connectivity index (χ3v) is 1.85. The summed E-state index contributed by atoms with van der Waals surface area (Å²) in [4.78, 5) is 10.9. The van der Waals surface area contributed by atoms with Crippen molar-refractivity contribution < 1.29 is 18.3 Å². The highest BCUT2D eigenvalue weighted by molar-refractivity contribution is 5.72. The molecule has 0 atom stereocenters. The van der Waals surface area contributed by atoms with E-state index in [1.807, 2.05) is 0 Å². The minimum atomic E-state index is -1.03. The van der Waals surface area contributed by atoms with Crippen LogP contribution in [-0.4, -0.2) is 12.6 Å². The molecular formula is C12H11F2NO2. The number of carbonyl (C=O) groups excluding carboxylic acids is 1. The van der Waals surface area contributed by atoms with Crippen molar-refractivity contribution in [3.8, 4) is 11.8 Å². The van der Waals surface area contributed by atoms with Gasteiger partial charge in [-0.1, -0.05) is 11.8 Å². The van der Waals surface area contributed by atoms with E-state index < -0.39 is 17.6 Å². The van der Waals surface area contributed by atoms with Gasteiger partial charge in [0.15, 0.2) is 11.6 Å². The van der Waals surface area contributed by atoms with Crippen LogP contribution in [0.5, 0.6) is 0 Å². The molecule has 2 N–H and O–H groups in total. The molecule has 1 aromatic carbocycles. The Balaban J connectivity index is 2.79. The summed E-state index contributed by atoms with van der Waals surface area (Å²) in [6.07, 6.45) is -0.119. The summed E-state index contributed by atoms with van der Waals surface area (Å²) in [5.41, 5.74) is 5.61. The van der Waals surface area contributed by atoms with Gasteiger partial charge in [0.2, 0.25) is 0 Å². The standard InChI is InChI=1S/C12H11F2NO2/c1-2-17-12(16)5-3-4-8-6-9(13)10(14)7-11(8)15/h6-7H,2,5,15H2,1H3. The van der Waals surface area contributed by atoms with Gasteiger partial charge >= 0.3 is 5.97 Å². The van der Waals surface area contributed by atoms with Gasteiger partial charge < -0.3 is 10.5 Å². The zero-order valence-electron chi connectivity index (χ0n) is 9.22. The normalized spacial score (nSPS) is 9.35. The average Bonchev–Trinajstić information content (AvgIpc) is 2.26. The fraction of sp³-hybridized carbons (Fsp3) is 0.250. The highest BCUT2D eigenvalue weighted by Crippen LogP contribution is 2.15. The van der Waals surface area contributed by atoms with Gasteiger partial charge in [-0.2, -0.15) is 0 Å². The zero-order valence-corrected chi connectivity index (χ0v) is 9.22. The number of hydrogen-bond donors (Lipinski definition) is 1. The van der Waals surface area contributed by atoms with E-state index in [0.29, 0.717) is 0 Å². The fourth-order valence-corrected chi connectivity index (χ4v) is 1.09. The van der Waals surface area contributed by atoms with E-state index in [-0.39, 0.29) is 24.3 Å². The molecule has 1 rings (SSSR count). The quantitative estimate of drug-likeness (QED) is 0.487. The number of esters is 1. The van der Waals surface area contributed by atoms with E-state index in [1.165, 1.54) is 0 Å². The summed E-state index contributed by atoms with van der Waals surface area (Å²) >= 11 is 0. The maximum atomic E-state index is 12.9. The van der Waals surface area contributed by atoms with Gasteiger partial charge in [-0.15, -0.1) is 0 Å². The molecule has 5 heteroatoms. The molecule has 0 aliphatic rings. The lowest BCUT2D eigenvalue weighted by Crippen LogP contribution is -2.01. The largest absolute Gasteiger partial charge is 0.465 e. The van der Waals surface area contributed by atoms with E-state index in [0.717, 1.165) is 12.1 Å². The second kappa shape index (κ2) is 5.85. The third kappa shape index (κ3) is 3.76. The Hall–Kier alpha value is -2.09. The second-order valence-corrected chi connectivity index (χ2v) is 3.14. The first kappa shape index (κ1) is 13.0. The minimum absolute atomic E-state index is 0.0280. The molecule has 0 aromatic heterocycles. The molecule has 0 radical (unpaired) electrons. The molecule has 0 fully saturated rings. The van der Waals surface area contributed by atoms with Crippen molar-refractivity contribution in [1.82, 2.24) is 0 Å². The van der Waals surface area contributed by atoms with Crippen LogP contribution >= 0.6 is 0 Å². The first-order valence-electron chi connectivity index (χ1n) is 4.93. The van der Waals surface area contributed by atoms with Gasteiger partial charge in [-0.25, -0.2) is 8.78 Å². The molecule has 0 aliphatic carbocycles. The number of anilines is 1. The van der Waals surface area contributed by atoms with Crippen LogP contribution in [0.25, 0.3) is 0 Å². The van der Waals surface area contributed by atoms with Gasteiger partial charge in [-0.3, -0.25) is 4.79 Å². The lowest BCUT2D eigenvalue weighted by molar-refractivity contribution is -0.141. The van der Waals surface area contributed by atoms with Crippen LogP contribution < -0.4 is 5.73 Å². The fourth-order valence-electron chi connectivity index (χ4n) is 1.09. The molecule has 0 unspecified atom stereocenters. The first-order valence-corrected chi connectivity index (χ1v) is 4.93. The molecule has 17 heavy (non-hydrogen) atoms. The van der Waals surface area contributed by atoms with E-state index in [4.69, 9.17) is 5.73 Å². The highest BCUT2D eigenvalue weighted by Gasteiger charge is 2.05. The molecular weight excluding hydrogens is 228 g/mol. The van der Waals surface area contributed by atoms with Gasteiger partial charge in [-0.05, 0) is 13.0 Å². The zero-order chi connectivity index (χ0) is 12.8. The summed E-state index contributed by atoms with van der Waals surface area (Å²) in [5.74, 6) is 2.44. The summed E-state index contributed by atoms with van der Waals surface area (Å²) in [7, 11) is 0. The topological polar surface area (TPSA) is 52.3 Å². The number of ether oxygens (including phenoxy) is 1. The van der Waals surface area contributed by atoms with Gasteiger partial charge in [0.25, 0.3) is 0 Å². The Labute approximate surface area is 97.6 Å². The molecule has 0 amide bonds. The SMILES string of the molecule is CCOC(=O)CC#Cc1cc(F)c(F)cc1N. The number of nitrogens with two attached hydrogens (primary N) is 1.